The smallest absolute Gasteiger partial charge is 0.306 e. The van der Waals surface area contributed by atoms with Crippen LogP contribution >= 0.6 is 0 Å². The SMILES string of the molecule is C[C@@H](Cc1ccc(O[Si](C)(C)C(C)(C)C)cc1)C(=O)O. The number of benzene rings is 1. The molecule has 0 aliphatic rings. The molecule has 20 heavy (non-hydrogen) atoms. The molecule has 0 saturated heterocycles. The number of rotatable bonds is 5. The van der Waals surface area contributed by atoms with Gasteiger partial charge in [0.25, 0.3) is 0 Å². The van der Waals surface area contributed by atoms with Crippen LogP contribution in [0.2, 0.25) is 18.1 Å². The minimum Gasteiger partial charge on any atom is -0.544 e. The molecule has 0 fully saturated rings. The summed E-state index contributed by atoms with van der Waals surface area (Å²) in [6, 6.07) is 7.82. The lowest BCUT2D eigenvalue weighted by molar-refractivity contribution is -0.141. The average molecular weight is 294 g/mol. The highest BCUT2D eigenvalue weighted by Crippen LogP contribution is 2.37. The summed E-state index contributed by atoms with van der Waals surface area (Å²) in [7, 11) is -1.81. The van der Waals surface area contributed by atoms with Crippen LogP contribution in [0.1, 0.15) is 33.3 Å². The van der Waals surface area contributed by atoms with E-state index in [4.69, 9.17) is 9.53 Å². The van der Waals surface area contributed by atoms with Crippen molar-refractivity contribution in [1.29, 1.82) is 0 Å². The van der Waals surface area contributed by atoms with Gasteiger partial charge in [-0.15, -0.1) is 0 Å². The monoisotopic (exact) mass is 294 g/mol. The van der Waals surface area contributed by atoms with Crippen LogP contribution in [0.15, 0.2) is 24.3 Å². The molecule has 112 valence electrons. The van der Waals surface area contributed by atoms with E-state index < -0.39 is 14.3 Å². The van der Waals surface area contributed by atoms with Crippen LogP contribution < -0.4 is 4.43 Å². The first-order valence-corrected chi connectivity index (χ1v) is 9.94. The van der Waals surface area contributed by atoms with Crippen molar-refractivity contribution in [3.63, 3.8) is 0 Å². The predicted octanol–water partition coefficient (Wildman–Crippen LogP) is 4.33. The first-order valence-electron chi connectivity index (χ1n) is 7.04. The second kappa shape index (κ2) is 6.00. The molecule has 3 nitrogen and oxygen atoms in total. The number of hydrogen-bond acceptors (Lipinski definition) is 2. The molecule has 0 bridgehead atoms. The predicted molar refractivity (Wildman–Crippen MR) is 84.8 cm³/mol. The van der Waals surface area contributed by atoms with E-state index in [1.165, 1.54) is 0 Å². The number of aliphatic carboxylic acids is 1. The van der Waals surface area contributed by atoms with E-state index in [0.29, 0.717) is 6.42 Å². The lowest BCUT2D eigenvalue weighted by Gasteiger charge is -2.36. The van der Waals surface area contributed by atoms with E-state index in [1.54, 1.807) is 6.92 Å². The Morgan fingerprint density at radius 2 is 1.75 bits per heavy atom. The average Bonchev–Trinajstić information content (AvgIpc) is 2.29. The maximum atomic E-state index is 10.8. The summed E-state index contributed by atoms with van der Waals surface area (Å²) in [6.45, 7) is 12.8. The molecule has 0 aromatic heterocycles. The molecule has 0 heterocycles. The van der Waals surface area contributed by atoms with Crippen LogP contribution in [0.3, 0.4) is 0 Å². The highest BCUT2D eigenvalue weighted by molar-refractivity contribution is 6.74. The molecule has 1 aromatic rings. The van der Waals surface area contributed by atoms with Gasteiger partial charge in [-0.05, 0) is 42.2 Å². The second-order valence-corrected chi connectivity index (χ2v) is 11.7. The zero-order chi connectivity index (χ0) is 15.6. The van der Waals surface area contributed by atoms with Crippen molar-refractivity contribution in [1.82, 2.24) is 0 Å². The normalized spacial score (nSPS) is 13.9. The van der Waals surface area contributed by atoms with Crippen LogP contribution in [0.25, 0.3) is 0 Å². The summed E-state index contributed by atoms with van der Waals surface area (Å²) in [5.74, 6) is -0.239. The Kier molecular flexibility index (Phi) is 5.03. The van der Waals surface area contributed by atoms with Crippen molar-refractivity contribution in [3.8, 4) is 5.75 Å². The summed E-state index contributed by atoms with van der Waals surface area (Å²) in [5, 5.41) is 9.09. The Morgan fingerprint density at radius 1 is 1.25 bits per heavy atom. The van der Waals surface area contributed by atoms with Gasteiger partial charge in [0.2, 0.25) is 8.32 Å². The molecule has 0 amide bonds. The Morgan fingerprint density at radius 3 is 2.15 bits per heavy atom. The van der Waals surface area contributed by atoms with E-state index in [0.717, 1.165) is 11.3 Å². The van der Waals surface area contributed by atoms with Gasteiger partial charge in [0.1, 0.15) is 5.75 Å². The van der Waals surface area contributed by atoms with Gasteiger partial charge in [0, 0.05) is 0 Å². The first kappa shape index (κ1) is 16.8. The van der Waals surface area contributed by atoms with Gasteiger partial charge in [-0.25, -0.2) is 0 Å². The molecule has 0 radical (unpaired) electrons. The fourth-order valence-corrected chi connectivity index (χ4v) is 2.61. The fourth-order valence-electron chi connectivity index (χ4n) is 1.58. The van der Waals surface area contributed by atoms with Crippen molar-refractivity contribution < 1.29 is 14.3 Å². The molecule has 1 rings (SSSR count). The number of carbonyl (C=O) groups is 1. The highest BCUT2D eigenvalue weighted by atomic mass is 28.4. The molecule has 0 saturated carbocycles. The molecule has 1 atom stereocenters. The third-order valence-corrected chi connectivity index (χ3v) is 8.42. The summed E-state index contributed by atoms with van der Waals surface area (Å²) < 4.78 is 6.20. The van der Waals surface area contributed by atoms with Crippen molar-refractivity contribution in [3.05, 3.63) is 29.8 Å². The largest absolute Gasteiger partial charge is 0.544 e. The lowest BCUT2D eigenvalue weighted by atomic mass is 10.0. The Hall–Kier alpha value is -1.29. The Balaban J connectivity index is 2.75. The maximum Gasteiger partial charge on any atom is 0.306 e. The van der Waals surface area contributed by atoms with Gasteiger partial charge in [-0.3, -0.25) is 4.79 Å². The van der Waals surface area contributed by atoms with E-state index in [9.17, 15) is 4.79 Å². The van der Waals surface area contributed by atoms with Gasteiger partial charge < -0.3 is 9.53 Å². The second-order valence-electron chi connectivity index (χ2n) is 6.95. The third kappa shape index (κ3) is 4.37. The van der Waals surface area contributed by atoms with Crippen LogP contribution in [0.5, 0.6) is 5.75 Å². The van der Waals surface area contributed by atoms with E-state index in [-0.39, 0.29) is 11.0 Å². The minimum absolute atomic E-state index is 0.170. The van der Waals surface area contributed by atoms with Gasteiger partial charge in [0.15, 0.2) is 0 Å². The summed E-state index contributed by atoms with van der Waals surface area (Å²) in [4.78, 5) is 10.8. The lowest BCUT2D eigenvalue weighted by Crippen LogP contribution is -2.43. The van der Waals surface area contributed by atoms with Crippen molar-refractivity contribution in [2.24, 2.45) is 5.92 Å². The molecule has 0 aliphatic heterocycles. The molecule has 0 aliphatic carbocycles. The molecule has 1 N–H and O–H groups in total. The van der Waals surface area contributed by atoms with Crippen molar-refractivity contribution in [2.45, 2.75) is 52.2 Å². The van der Waals surface area contributed by atoms with Gasteiger partial charge in [-0.2, -0.15) is 0 Å². The van der Waals surface area contributed by atoms with Crippen molar-refractivity contribution in [2.75, 3.05) is 0 Å². The highest BCUT2D eigenvalue weighted by Gasteiger charge is 2.38. The summed E-state index contributed by atoms with van der Waals surface area (Å²) in [6.07, 6.45) is 0.551. The third-order valence-electron chi connectivity index (χ3n) is 4.07. The summed E-state index contributed by atoms with van der Waals surface area (Å²) >= 11 is 0. The maximum absolute atomic E-state index is 10.8. The van der Waals surface area contributed by atoms with E-state index >= 15 is 0 Å². The van der Waals surface area contributed by atoms with E-state index in [2.05, 4.69) is 33.9 Å². The molecule has 0 unspecified atom stereocenters. The zero-order valence-corrected chi connectivity index (χ0v) is 14.4. The standard InChI is InChI=1S/C16H26O3Si/c1-12(15(17)18)11-13-7-9-14(10-8-13)19-20(5,6)16(2,3)4/h7-10,12H,11H2,1-6H3,(H,17,18)/t12-/m0/s1. The van der Waals surface area contributed by atoms with Crippen LogP contribution in [0, 0.1) is 5.92 Å². The number of hydrogen-bond donors (Lipinski definition) is 1. The summed E-state index contributed by atoms with van der Waals surface area (Å²) in [5.41, 5.74) is 1.03. The number of carboxylic acids is 1. The minimum atomic E-state index is -1.81. The zero-order valence-electron chi connectivity index (χ0n) is 13.4. The molecule has 1 aromatic carbocycles. The fraction of sp³-hybridized carbons (Fsp3) is 0.562. The van der Waals surface area contributed by atoms with Gasteiger partial charge in [0.05, 0.1) is 5.92 Å². The van der Waals surface area contributed by atoms with Crippen LogP contribution in [0.4, 0.5) is 0 Å². The number of carboxylic acid groups (broad SMARTS) is 1. The quantitative estimate of drug-likeness (QED) is 0.822. The molecular formula is C16H26O3Si. The molecule has 0 spiro atoms. The van der Waals surface area contributed by atoms with Crippen LogP contribution in [-0.4, -0.2) is 19.4 Å². The van der Waals surface area contributed by atoms with Crippen LogP contribution in [-0.2, 0) is 11.2 Å². The van der Waals surface area contributed by atoms with Gasteiger partial charge in [-0.1, -0.05) is 39.8 Å². The van der Waals surface area contributed by atoms with E-state index in [1.807, 2.05) is 24.3 Å². The van der Waals surface area contributed by atoms with Gasteiger partial charge >= 0.3 is 5.97 Å². The topological polar surface area (TPSA) is 46.5 Å². The first-order chi connectivity index (χ1) is 9.03. The van der Waals surface area contributed by atoms with Crippen molar-refractivity contribution >= 4 is 14.3 Å². The molecular weight excluding hydrogens is 268 g/mol. The Bertz CT molecular complexity index is 458. The Labute approximate surface area is 123 Å². The molecule has 4 heteroatoms.